The maximum atomic E-state index is 12.6. The third kappa shape index (κ3) is 3.96. The summed E-state index contributed by atoms with van der Waals surface area (Å²) >= 11 is 0. The first-order valence-electron chi connectivity index (χ1n) is 13.3. The number of azide groups is 1. The van der Waals surface area contributed by atoms with Gasteiger partial charge in [-0.15, -0.1) is 0 Å². The molecule has 0 saturated heterocycles. The van der Waals surface area contributed by atoms with Crippen LogP contribution in [0.2, 0.25) is 0 Å². The topological polar surface area (TPSA) is 65.8 Å². The number of fused-ring (bicyclic) bond motifs is 5. The van der Waals surface area contributed by atoms with Crippen molar-refractivity contribution in [3.05, 3.63) is 10.4 Å². The zero-order chi connectivity index (χ0) is 22.4. The molecule has 4 fully saturated rings. The number of rotatable bonds is 6. The van der Waals surface area contributed by atoms with E-state index in [1.54, 1.807) is 0 Å². The Bertz CT molecular complexity index is 728. The molecule has 4 heteroatoms. The Morgan fingerprint density at radius 3 is 2.48 bits per heavy atom. The van der Waals surface area contributed by atoms with Crippen LogP contribution in [0, 0.1) is 52.3 Å². The van der Waals surface area contributed by atoms with Gasteiger partial charge in [0.05, 0.1) is 6.04 Å². The molecular formula is C27H45N3O. The van der Waals surface area contributed by atoms with Crippen LogP contribution in [0.1, 0.15) is 105 Å². The highest BCUT2D eigenvalue weighted by Crippen LogP contribution is 2.68. The molecule has 0 aromatic heterocycles. The molecule has 0 bridgehead atoms. The van der Waals surface area contributed by atoms with Gasteiger partial charge >= 0.3 is 0 Å². The molecule has 4 aliphatic carbocycles. The van der Waals surface area contributed by atoms with E-state index in [0.717, 1.165) is 36.0 Å². The number of carbonyl (C=O) groups is 1. The normalized spacial score (nSPS) is 45.4. The van der Waals surface area contributed by atoms with Crippen LogP contribution in [0.15, 0.2) is 5.11 Å². The standard InChI is InChI=1S/C27H45N3O/c1-17(2)7-6-8-18(3)21-11-12-22-20-10-9-19-15-25(31)24(29-30-28)16-27(19,5)23(20)13-14-26(21,22)4/h17-24H,6-16H2,1-5H3/t18-,19+,20+,21-,22+,23+,24+,26-,27+/m1/s1. The van der Waals surface area contributed by atoms with Crippen molar-refractivity contribution in [2.45, 2.75) is 111 Å². The highest BCUT2D eigenvalue weighted by Gasteiger charge is 2.61. The lowest BCUT2D eigenvalue weighted by Crippen LogP contribution is -2.55. The molecule has 4 aliphatic rings. The largest absolute Gasteiger partial charge is 0.299 e. The smallest absolute Gasteiger partial charge is 0.142 e. The quantitative estimate of drug-likeness (QED) is 0.241. The fourth-order valence-corrected chi connectivity index (χ4v) is 9.29. The Morgan fingerprint density at radius 1 is 1.03 bits per heavy atom. The molecule has 0 heterocycles. The number of ketones is 1. The molecule has 4 rings (SSSR count). The van der Waals surface area contributed by atoms with Gasteiger partial charge < -0.3 is 0 Å². The number of nitrogens with zero attached hydrogens (tertiary/aromatic N) is 3. The Labute approximate surface area is 189 Å². The highest BCUT2D eigenvalue weighted by atomic mass is 16.1. The summed E-state index contributed by atoms with van der Waals surface area (Å²) in [6.07, 6.45) is 13.6. The van der Waals surface area contributed by atoms with Gasteiger partial charge in [0, 0.05) is 11.3 Å². The van der Waals surface area contributed by atoms with E-state index < -0.39 is 6.04 Å². The van der Waals surface area contributed by atoms with Gasteiger partial charge in [0.15, 0.2) is 0 Å². The van der Waals surface area contributed by atoms with Gasteiger partial charge in [-0.1, -0.05) is 59.0 Å². The summed E-state index contributed by atoms with van der Waals surface area (Å²) in [6, 6.07) is -0.421. The number of Topliss-reactive ketones (excluding diaryl/α,β-unsaturated/α-hetero) is 1. The van der Waals surface area contributed by atoms with Crippen LogP contribution in [0.25, 0.3) is 10.4 Å². The van der Waals surface area contributed by atoms with Gasteiger partial charge in [-0.05, 0) is 103 Å². The molecule has 0 unspecified atom stereocenters. The SMILES string of the molecule is CC(C)CCC[C@@H](C)[C@H]1CC[C@H]2[C@@H]3CC[C@H]4CC(=O)[C@@H](N=[N+]=[N-])C[C@]4(C)[C@H]3CC[C@]12C. The molecule has 174 valence electrons. The summed E-state index contributed by atoms with van der Waals surface area (Å²) < 4.78 is 0. The predicted molar refractivity (Wildman–Crippen MR) is 126 cm³/mol. The monoisotopic (exact) mass is 427 g/mol. The van der Waals surface area contributed by atoms with E-state index in [2.05, 4.69) is 44.6 Å². The fourth-order valence-electron chi connectivity index (χ4n) is 9.29. The lowest BCUT2D eigenvalue weighted by molar-refractivity contribution is -0.142. The van der Waals surface area contributed by atoms with Crippen LogP contribution in [0.5, 0.6) is 0 Å². The van der Waals surface area contributed by atoms with Crippen molar-refractivity contribution in [2.75, 3.05) is 0 Å². The van der Waals surface area contributed by atoms with Crippen molar-refractivity contribution in [2.24, 2.45) is 57.4 Å². The van der Waals surface area contributed by atoms with E-state index in [1.165, 1.54) is 57.8 Å². The molecule has 4 nitrogen and oxygen atoms in total. The molecule has 0 aromatic carbocycles. The van der Waals surface area contributed by atoms with Crippen molar-refractivity contribution in [3.8, 4) is 0 Å². The van der Waals surface area contributed by atoms with Crippen LogP contribution in [-0.4, -0.2) is 11.8 Å². The summed E-state index contributed by atoms with van der Waals surface area (Å²) in [5.74, 6) is 5.63. The molecular weight excluding hydrogens is 382 g/mol. The fraction of sp³-hybridized carbons (Fsp3) is 0.963. The molecule has 0 radical (unpaired) electrons. The maximum Gasteiger partial charge on any atom is 0.142 e. The molecule has 0 aliphatic heterocycles. The molecule has 0 N–H and O–H groups in total. The van der Waals surface area contributed by atoms with Gasteiger partial charge in [-0.25, -0.2) is 0 Å². The van der Waals surface area contributed by atoms with E-state index in [-0.39, 0.29) is 11.2 Å². The van der Waals surface area contributed by atoms with Crippen LogP contribution in [-0.2, 0) is 4.79 Å². The first-order chi connectivity index (χ1) is 14.7. The lowest BCUT2D eigenvalue weighted by atomic mass is 9.44. The second-order valence-corrected chi connectivity index (χ2v) is 12.8. The average Bonchev–Trinajstić information content (AvgIpc) is 3.06. The van der Waals surface area contributed by atoms with Gasteiger partial charge in [0.25, 0.3) is 0 Å². The van der Waals surface area contributed by atoms with Crippen molar-refractivity contribution in [1.82, 2.24) is 0 Å². The van der Waals surface area contributed by atoms with Crippen molar-refractivity contribution >= 4 is 5.78 Å². The van der Waals surface area contributed by atoms with Crippen molar-refractivity contribution in [3.63, 3.8) is 0 Å². The lowest BCUT2D eigenvalue weighted by Gasteiger charge is -2.61. The first-order valence-corrected chi connectivity index (χ1v) is 13.3. The number of hydrogen-bond donors (Lipinski definition) is 0. The second-order valence-electron chi connectivity index (χ2n) is 12.8. The van der Waals surface area contributed by atoms with E-state index in [4.69, 9.17) is 5.53 Å². The molecule has 0 amide bonds. The van der Waals surface area contributed by atoms with Crippen molar-refractivity contribution in [1.29, 1.82) is 0 Å². The number of carbonyl (C=O) groups excluding carboxylic acids is 1. The third-order valence-corrected chi connectivity index (χ3v) is 10.9. The molecule has 0 spiro atoms. The summed E-state index contributed by atoms with van der Waals surface area (Å²) in [5, 5.41) is 3.93. The maximum absolute atomic E-state index is 12.6. The summed E-state index contributed by atoms with van der Waals surface area (Å²) in [6.45, 7) is 12.3. The van der Waals surface area contributed by atoms with Gasteiger partial charge in [0.1, 0.15) is 5.78 Å². The molecule has 9 atom stereocenters. The molecule has 31 heavy (non-hydrogen) atoms. The van der Waals surface area contributed by atoms with Gasteiger partial charge in [-0.3, -0.25) is 4.79 Å². The third-order valence-electron chi connectivity index (χ3n) is 10.9. The molecule has 4 saturated carbocycles. The number of hydrogen-bond acceptors (Lipinski definition) is 2. The second kappa shape index (κ2) is 8.73. The van der Waals surface area contributed by atoms with Gasteiger partial charge in [-0.2, -0.15) is 0 Å². The van der Waals surface area contributed by atoms with Crippen LogP contribution >= 0.6 is 0 Å². The Kier molecular flexibility index (Phi) is 6.52. The zero-order valence-corrected chi connectivity index (χ0v) is 20.6. The Hall–Kier alpha value is -1.02. The predicted octanol–water partition coefficient (Wildman–Crippen LogP) is 7.97. The van der Waals surface area contributed by atoms with Crippen LogP contribution in [0.4, 0.5) is 0 Å². The van der Waals surface area contributed by atoms with E-state index in [1.807, 2.05) is 0 Å². The summed E-state index contributed by atoms with van der Waals surface area (Å²) in [4.78, 5) is 15.6. The summed E-state index contributed by atoms with van der Waals surface area (Å²) in [5.41, 5.74) is 9.67. The summed E-state index contributed by atoms with van der Waals surface area (Å²) in [7, 11) is 0. The minimum absolute atomic E-state index is 0.179. The van der Waals surface area contributed by atoms with Gasteiger partial charge in [0.2, 0.25) is 0 Å². The zero-order valence-electron chi connectivity index (χ0n) is 20.6. The minimum Gasteiger partial charge on any atom is -0.299 e. The van der Waals surface area contributed by atoms with E-state index >= 15 is 0 Å². The van der Waals surface area contributed by atoms with Crippen LogP contribution < -0.4 is 0 Å². The Balaban J connectivity index is 1.50. The van der Waals surface area contributed by atoms with E-state index in [9.17, 15) is 4.79 Å². The van der Waals surface area contributed by atoms with Crippen LogP contribution in [0.3, 0.4) is 0 Å². The highest BCUT2D eigenvalue weighted by molar-refractivity contribution is 5.85. The molecule has 0 aromatic rings. The first kappa shape index (κ1) is 23.1. The average molecular weight is 428 g/mol. The van der Waals surface area contributed by atoms with E-state index in [0.29, 0.717) is 23.7 Å². The van der Waals surface area contributed by atoms with Crippen molar-refractivity contribution < 1.29 is 4.79 Å². The Morgan fingerprint density at radius 2 is 1.77 bits per heavy atom. The minimum atomic E-state index is -0.421.